The number of aryl methyl sites for hydroxylation is 1. The van der Waals surface area contributed by atoms with Gasteiger partial charge in [0, 0.05) is 0 Å². The van der Waals surface area contributed by atoms with E-state index in [2.05, 4.69) is 49.4 Å². The Morgan fingerprint density at radius 1 is 0.950 bits per heavy atom. The zero-order valence-electron chi connectivity index (χ0n) is 12.7. The van der Waals surface area contributed by atoms with Gasteiger partial charge in [-0.05, 0) is 48.9 Å². The molecule has 1 fully saturated rings. The lowest BCUT2D eigenvalue weighted by atomic mass is 10.0. The fourth-order valence-corrected chi connectivity index (χ4v) is 2.01. The van der Waals surface area contributed by atoms with E-state index in [1.165, 1.54) is 29.5 Å². The first-order chi connectivity index (χ1) is 9.81. The summed E-state index contributed by atoms with van der Waals surface area (Å²) in [7, 11) is 0. The van der Waals surface area contributed by atoms with Gasteiger partial charge in [0.05, 0.1) is 6.61 Å². The predicted molar refractivity (Wildman–Crippen MR) is 86.2 cm³/mol. The first kappa shape index (κ1) is 14.6. The van der Waals surface area contributed by atoms with E-state index < -0.39 is 0 Å². The van der Waals surface area contributed by atoms with Crippen molar-refractivity contribution in [2.45, 2.75) is 33.6 Å². The van der Waals surface area contributed by atoms with E-state index in [4.69, 9.17) is 4.74 Å². The van der Waals surface area contributed by atoms with Crippen molar-refractivity contribution in [1.82, 2.24) is 0 Å². The van der Waals surface area contributed by atoms with Crippen LogP contribution in [0.2, 0.25) is 0 Å². The maximum atomic E-state index is 5.82. The van der Waals surface area contributed by atoms with Crippen LogP contribution in [0.3, 0.4) is 0 Å². The Balaban J connectivity index is 0.000000704. The van der Waals surface area contributed by atoms with Crippen molar-refractivity contribution in [3.05, 3.63) is 54.1 Å². The van der Waals surface area contributed by atoms with Crippen molar-refractivity contribution in [1.29, 1.82) is 0 Å². The highest BCUT2D eigenvalue weighted by molar-refractivity contribution is 5.65. The molecule has 0 spiro atoms. The van der Waals surface area contributed by atoms with E-state index in [1.807, 2.05) is 19.9 Å². The van der Waals surface area contributed by atoms with Crippen molar-refractivity contribution < 1.29 is 4.74 Å². The van der Waals surface area contributed by atoms with Gasteiger partial charge in [0.1, 0.15) is 5.75 Å². The summed E-state index contributed by atoms with van der Waals surface area (Å²) >= 11 is 0. The second kappa shape index (κ2) is 7.14. The Kier molecular flexibility index (Phi) is 5.23. The Bertz CT molecular complexity index is 524. The van der Waals surface area contributed by atoms with E-state index in [-0.39, 0.29) is 0 Å². The summed E-state index contributed by atoms with van der Waals surface area (Å²) in [5.74, 6) is 1.79. The van der Waals surface area contributed by atoms with Crippen LogP contribution >= 0.6 is 0 Å². The minimum absolute atomic E-state index is 0.799. The Labute approximate surface area is 122 Å². The molecule has 2 aromatic carbocycles. The van der Waals surface area contributed by atoms with Gasteiger partial charge < -0.3 is 4.74 Å². The second-order valence-corrected chi connectivity index (χ2v) is 5.15. The normalized spacial score (nSPS) is 13.3. The third-order valence-corrected chi connectivity index (χ3v) is 3.40. The molecule has 0 radical (unpaired) electrons. The van der Waals surface area contributed by atoms with Gasteiger partial charge in [0.25, 0.3) is 0 Å². The van der Waals surface area contributed by atoms with Crippen LogP contribution < -0.4 is 4.74 Å². The Morgan fingerprint density at radius 3 is 2.30 bits per heavy atom. The lowest BCUT2D eigenvalue weighted by molar-refractivity contribution is 0.300. The SMILES string of the molecule is CC.Cc1ccc(-c2cccc(OCC3CC3)c2)cc1. The van der Waals surface area contributed by atoms with Crippen LogP contribution in [0.1, 0.15) is 32.3 Å². The number of benzene rings is 2. The summed E-state index contributed by atoms with van der Waals surface area (Å²) in [6.45, 7) is 6.98. The third-order valence-electron chi connectivity index (χ3n) is 3.40. The van der Waals surface area contributed by atoms with Crippen LogP contribution in [-0.4, -0.2) is 6.61 Å². The van der Waals surface area contributed by atoms with E-state index >= 15 is 0 Å². The molecule has 1 saturated carbocycles. The molecule has 0 atom stereocenters. The molecule has 1 aliphatic rings. The smallest absolute Gasteiger partial charge is 0.119 e. The average Bonchev–Trinajstić information content (AvgIpc) is 3.33. The van der Waals surface area contributed by atoms with Crippen LogP contribution in [0.15, 0.2) is 48.5 Å². The van der Waals surface area contributed by atoms with Gasteiger partial charge in [-0.15, -0.1) is 0 Å². The molecule has 0 amide bonds. The zero-order valence-corrected chi connectivity index (χ0v) is 12.7. The fraction of sp³-hybridized carbons (Fsp3) is 0.368. The summed E-state index contributed by atoms with van der Waals surface area (Å²) < 4.78 is 5.82. The number of hydrogen-bond donors (Lipinski definition) is 0. The maximum absolute atomic E-state index is 5.82. The van der Waals surface area contributed by atoms with E-state index in [0.717, 1.165) is 18.3 Å². The molecule has 2 aromatic rings. The monoisotopic (exact) mass is 268 g/mol. The van der Waals surface area contributed by atoms with Gasteiger partial charge in [-0.3, -0.25) is 0 Å². The predicted octanol–water partition coefficient (Wildman–Crippen LogP) is 5.48. The molecule has 0 unspecified atom stereocenters. The van der Waals surface area contributed by atoms with Gasteiger partial charge in [-0.2, -0.15) is 0 Å². The van der Waals surface area contributed by atoms with Gasteiger partial charge in [0.15, 0.2) is 0 Å². The molecule has 106 valence electrons. The molecule has 0 bridgehead atoms. The molecule has 1 aliphatic carbocycles. The quantitative estimate of drug-likeness (QED) is 0.713. The molecular formula is C19H24O. The highest BCUT2D eigenvalue weighted by Crippen LogP contribution is 2.30. The number of ether oxygens (including phenoxy) is 1. The lowest BCUT2D eigenvalue weighted by Gasteiger charge is -2.08. The molecule has 0 heterocycles. The van der Waals surface area contributed by atoms with Crippen LogP contribution in [-0.2, 0) is 0 Å². The Morgan fingerprint density at radius 2 is 1.65 bits per heavy atom. The molecule has 0 saturated heterocycles. The highest BCUT2D eigenvalue weighted by Gasteiger charge is 2.21. The van der Waals surface area contributed by atoms with E-state index in [1.54, 1.807) is 0 Å². The molecule has 1 heteroatoms. The molecule has 20 heavy (non-hydrogen) atoms. The van der Waals surface area contributed by atoms with Gasteiger partial charge in [0.2, 0.25) is 0 Å². The van der Waals surface area contributed by atoms with Crippen molar-refractivity contribution in [2.24, 2.45) is 5.92 Å². The molecule has 0 aliphatic heterocycles. The molecule has 0 N–H and O–H groups in total. The molecule has 1 nitrogen and oxygen atoms in total. The standard InChI is InChI=1S/C17H18O.C2H6/c1-13-5-9-15(10-6-13)16-3-2-4-17(11-16)18-12-14-7-8-14;1-2/h2-6,9-11,14H,7-8,12H2,1H3;1-2H3. The molecule has 3 rings (SSSR count). The van der Waals surface area contributed by atoms with Crippen LogP contribution in [0.25, 0.3) is 11.1 Å². The third kappa shape index (κ3) is 4.12. The summed E-state index contributed by atoms with van der Waals surface area (Å²) in [6.07, 6.45) is 2.66. The van der Waals surface area contributed by atoms with Crippen molar-refractivity contribution in [3.8, 4) is 16.9 Å². The molecule has 0 aromatic heterocycles. The second-order valence-electron chi connectivity index (χ2n) is 5.15. The Hall–Kier alpha value is -1.76. The maximum Gasteiger partial charge on any atom is 0.119 e. The summed E-state index contributed by atoms with van der Waals surface area (Å²) in [5.41, 5.74) is 3.76. The van der Waals surface area contributed by atoms with Gasteiger partial charge >= 0.3 is 0 Å². The minimum atomic E-state index is 0.799. The largest absolute Gasteiger partial charge is 0.493 e. The number of hydrogen-bond acceptors (Lipinski definition) is 1. The van der Waals surface area contributed by atoms with E-state index in [9.17, 15) is 0 Å². The van der Waals surface area contributed by atoms with Crippen LogP contribution in [0, 0.1) is 12.8 Å². The molecular weight excluding hydrogens is 244 g/mol. The average molecular weight is 268 g/mol. The van der Waals surface area contributed by atoms with Crippen LogP contribution in [0.4, 0.5) is 0 Å². The zero-order chi connectivity index (χ0) is 14.4. The minimum Gasteiger partial charge on any atom is -0.493 e. The van der Waals surface area contributed by atoms with Crippen LogP contribution in [0.5, 0.6) is 5.75 Å². The first-order valence-corrected chi connectivity index (χ1v) is 7.61. The lowest BCUT2D eigenvalue weighted by Crippen LogP contribution is -1.98. The van der Waals surface area contributed by atoms with Gasteiger partial charge in [-0.25, -0.2) is 0 Å². The van der Waals surface area contributed by atoms with Gasteiger partial charge in [-0.1, -0.05) is 55.8 Å². The summed E-state index contributed by atoms with van der Waals surface area (Å²) in [5, 5.41) is 0. The first-order valence-electron chi connectivity index (χ1n) is 7.61. The number of rotatable bonds is 4. The van der Waals surface area contributed by atoms with Crippen molar-refractivity contribution in [2.75, 3.05) is 6.61 Å². The summed E-state index contributed by atoms with van der Waals surface area (Å²) in [4.78, 5) is 0. The highest BCUT2D eigenvalue weighted by atomic mass is 16.5. The van der Waals surface area contributed by atoms with E-state index in [0.29, 0.717) is 0 Å². The van der Waals surface area contributed by atoms with Crippen molar-refractivity contribution in [3.63, 3.8) is 0 Å². The topological polar surface area (TPSA) is 9.23 Å². The van der Waals surface area contributed by atoms with Crippen molar-refractivity contribution >= 4 is 0 Å². The fourth-order valence-electron chi connectivity index (χ4n) is 2.01. The summed E-state index contributed by atoms with van der Waals surface area (Å²) in [6, 6.07) is 17.0.